The summed E-state index contributed by atoms with van der Waals surface area (Å²) in [7, 11) is 0. The Morgan fingerprint density at radius 1 is 1.18 bits per heavy atom. The Hall–Kier alpha value is -2.48. The molecule has 0 radical (unpaired) electrons. The molecular formula is C20H27N5O2S. The largest absolute Gasteiger partial charge is 0.341 e. The van der Waals surface area contributed by atoms with Crippen molar-refractivity contribution in [3.63, 3.8) is 0 Å². The first-order valence-corrected chi connectivity index (χ1v) is 10.7. The minimum absolute atomic E-state index is 0.173. The lowest BCUT2D eigenvalue weighted by Gasteiger charge is -2.26. The summed E-state index contributed by atoms with van der Waals surface area (Å²) in [5, 5.41) is 5.68. The highest BCUT2D eigenvalue weighted by Gasteiger charge is 2.16. The van der Waals surface area contributed by atoms with Crippen molar-refractivity contribution in [1.82, 2.24) is 19.8 Å². The first kappa shape index (κ1) is 20.3. The van der Waals surface area contributed by atoms with Gasteiger partial charge in [0.15, 0.2) is 0 Å². The van der Waals surface area contributed by atoms with Crippen LogP contribution in [0.4, 0.5) is 10.5 Å². The molecule has 3 amide bonds. The van der Waals surface area contributed by atoms with Crippen LogP contribution in [-0.4, -0.2) is 57.5 Å². The zero-order chi connectivity index (χ0) is 19.8. The van der Waals surface area contributed by atoms with Crippen LogP contribution in [0.5, 0.6) is 0 Å². The SMILES string of the molecule is Cc1nccn1CCCNC(=O)Nc1ccc(CC(=O)N2CCSCC2)cc1. The van der Waals surface area contributed by atoms with Gasteiger partial charge >= 0.3 is 6.03 Å². The normalized spacial score (nSPS) is 14.0. The van der Waals surface area contributed by atoms with Crippen LogP contribution in [0.3, 0.4) is 0 Å². The number of carbonyl (C=O) groups is 2. The Bertz CT molecular complexity index is 784. The third-order valence-corrected chi connectivity index (χ3v) is 5.66. The van der Waals surface area contributed by atoms with Gasteiger partial charge in [0.1, 0.15) is 5.82 Å². The number of anilines is 1. The molecule has 3 rings (SSSR count). The number of hydrogen-bond donors (Lipinski definition) is 2. The van der Waals surface area contributed by atoms with Crippen molar-refractivity contribution in [2.45, 2.75) is 26.3 Å². The molecule has 28 heavy (non-hydrogen) atoms. The second kappa shape index (κ2) is 10.2. The second-order valence-electron chi connectivity index (χ2n) is 6.77. The van der Waals surface area contributed by atoms with E-state index < -0.39 is 0 Å². The van der Waals surface area contributed by atoms with Crippen molar-refractivity contribution in [3.8, 4) is 0 Å². The van der Waals surface area contributed by atoms with Crippen LogP contribution < -0.4 is 10.6 Å². The molecule has 1 aliphatic heterocycles. The van der Waals surface area contributed by atoms with E-state index in [1.54, 1.807) is 6.20 Å². The summed E-state index contributed by atoms with van der Waals surface area (Å²) < 4.78 is 2.06. The van der Waals surface area contributed by atoms with Gasteiger partial charge in [-0.2, -0.15) is 11.8 Å². The minimum Gasteiger partial charge on any atom is -0.341 e. The smallest absolute Gasteiger partial charge is 0.319 e. The van der Waals surface area contributed by atoms with Crippen LogP contribution in [0.25, 0.3) is 0 Å². The van der Waals surface area contributed by atoms with Gasteiger partial charge in [0.2, 0.25) is 5.91 Å². The molecule has 2 heterocycles. The zero-order valence-electron chi connectivity index (χ0n) is 16.2. The molecule has 1 saturated heterocycles. The summed E-state index contributed by atoms with van der Waals surface area (Å²) in [5.41, 5.74) is 1.68. The lowest BCUT2D eigenvalue weighted by molar-refractivity contribution is -0.130. The van der Waals surface area contributed by atoms with Gasteiger partial charge in [-0.25, -0.2) is 9.78 Å². The molecule has 1 fully saturated rings. The second-order valence-corrected chi connectivity index (χ2v) is 7.99. The average molecular weight is 402 g/mol. The van der Waals surface area contributed by atoms with Crippen molar-refractivity contribution in [2.75, 3.05) is 36.5 Å². The Morgan fingerprint density at radius 2 is 1.93 bits per heavy atom. The van der Waals surface area contributed by atoms with E-state index in [1.165, 1.54) is 0 Å². The van der Waals surface area contributed by atoms with Gasteiger partial charge in [0.05, 0.1) is 6.42 Å². The molecule has 1 aromatic heterocycles. The highest BCUT2D eigenvalue weighted by Crippen LogP contribution is 2.13. The van der Waals surface area contributed by atoms with Crippen LogP contribution in [0.15, 0.2) is 36.7 Å². The maximum atomic E-state index is 12.3. The van der Waals surface area contributed by atoms with Gasteiger partial charge in [-0.15, -0.1) is 0 Å². The summed E-state index contributed by atoms with van der Waals surface area (Å²) in [6, 6.07) is 7.24. The third-order valence-electron chi connectivity index (χ3n) is 4.72. The summed E-state index contributed by atoms with van der Waals surface area (Å²) in [6.07, 6.45) is 4.95. The van der Waals surface area contributed by atoms with Gasteiger partial charge in [0.25, 0.3) is 0 Å². The van der Waals surface area contributed by atoms with Crippen molar-refractivity contribution in [1.29, 1.82) is 0 Å². The summed E-state index contributed by atoms with van der Waals surface area (Å²) in [6.45, 7) is 5.05. The molecule has 2 N–H and O–H groups in total. The number of imidazole rings is 1. The number of amides is 3. The van der Waals surface area contributed by atoms with E-state index in [1.807, 2.05) is 54.0 Å². The van der Waals surface area contributed by atoms with Crippen molar-refractivity contribution >= 4 is 29.4 Å². The minimum atomic E-state index is -0.225. The summed E-state index contributed by atoms with van der Waals surface area (Å²) in [5.74, 6) is 3.19. The maximum Gasteiger partial charge on any atom is 0.319 e. The lowest BCUT2D eigenvalue weighted by Crippen LogP contribution is -2.38. The number of urea groups is 1. The van der Waals surface area contributed by atoms with E-state index in [0.717, 1.165) is 48.9 Å². The Kier molecular flexibility index (Phi) is 7.36. The first-order valence-electron chi connectivity index (χ1n) is 9.59. The average Bonchev–Trinajstić information content (AvgIpc) is 3.12. The molecule has 1 aliphatic rings. The number of thioether (sulfide) groups is 1. The standard InChI is InChI=1S/C20H27N5O2S/c1-16-21-8-10-24(16)9-2-7-22-20(27)23-18-5-3-17(4-6-18)15-19(26)25-11-13-28-14-12-25/h3-6,8,10H,2,7,9,11-15H2,1H3,(H2,22,23,27). The fourth-order valence-electron chi connectivity index (χ4n) is 3.07. The number of nitrogens with zero attached hydrogens (tertiary/aromatic N) is 3. The Morgan fingerprint density at radius 3 is 2.61 bits per heavy atom. The Labute approximate surface area is 169 Å². The number of hydrogen-bond acceptors (Lipinski definition) is 4. The fourth-order valence-corrected chi connectivity index (χ4v) is 3.97. The van der Waals surface area contributed by atoms with E-state index in [-0.39, 0.29) is 11.9 Å². The molecule has 0 spiro atoms. The van der Waals surface area contributed by atoms with Crippen molar-refractivity contribution < 1.29 is 9.59 Å². The molecule has 0 unspecified atom stereocenters. The fraction of sp³-hybridized carbons (Fsp3) is 0.450. The molecule has 8 heteroatoms. The predicted molar refractivity (Wildman–Crippen MR) is 113 cm³/mol. The summed E-state index contributed by atoms with van der Waals surface area (Å²) in [4.78, 5) is 30.4. The van der Waals surface area contributed by atoms with Crippen LogP contribution in [0, 0.1) is 6.92 Å². The molecule has 7 nitrogen and oxygen atoms in total. The monoisotopic (exact) mass is 401 g/mol. The van der Waals surface area contributed by atoms with Crippen molar-refractivity contribution in [3.05, 3.63) is 48.0 Å². The number of rotatable bonds is 7. The lowest BCUT2D eigenvalue weighted by atomic mass is 10.1. The quantitative estimate of drug-likeness (QED) is 0.699. The number of nitrogens with one attached hydrogen (secondary N) is 2. The van der Waals surface area contributed by atoms with Gasteiger partial charge < -0.3 is 20.1 Å². The van der Waals surface area contributed by atoms with E-state index in [9.17, 15) is 9.59 Å². The molecule has 0 bridgehead atoms. The highest BCUT2D eigenvalue weighted by atomic mass is 32.2. The number of aromatic nitrogens is 2. The molecular weight excluding hydrogens is 374 g/mol. The third kappa shape index (κ3) is 6.02. The molecule has 150 valence electrons. The van der Waals surface area contributed by atoms with Gasteiger partial charge in [-0.1, -0.05) is 12.1 Å². The molecule has 2 aromatic rings. The number of carbonyl (C=O) groups excluding carboxylic acids is 2. The predicted octanol–water partition coefficient (Wildman–Crippen LogP) is 2.52. The molecule has 0 saturated carbocycles. The molecule has 0 atom stereocenters. The topological polar surface area (TPSA) is 79.3 Å². The number of aryl methyl sites for hydroxylation is 2. The van der Waals surface area contributed by atoms with E-state index in [4.69, 9.17) is 0 Å². The van der Waals surface area contributed by atoms with Crippen LogP contribution in [0.1, 0.15) is 17.8 Å². The van der Waals surface area contributed by atoms with Gasteiger partial charge in [-0.05, 0) is 31.0 Å². The van der Waals surface area contributed by atoms with Crippen LogP contribution in [-0.2, 0) is 17.8 Å². The van der Waals surface area contributed by atoms with Crippen LogP contribution >= 0.6 is 11.8 Å². The molecule has 0 aliphatic carbocycles. The first-order chi connectivity index (χ1) is 13.6. The van der Waals surface area contributed by atoms with E-state index in [0.29, 0.717) is 18.7 Å². The number of benzene rings is 1. The van der Waals surface area contributed by atoms with Crippen molar-refractivity contribution in [2.24, 2.45) is 0 Å². The van der Waals surface area contributed by atoms with Crippen LogP contribution in [0.2, 0.25) is 0 Å². The zero-order valence-corrected chi connectivity index (χ0v) is 17.0. The maximum absolute atomic E-state index is 12.3. The molecule has 1 aromatic carbocycles. The van der Waals surface area contributed by atoms with Gasteiger partial charge in [-0.3, -0.25) is 4.79 Å². The van der Waals surface area contributed by atoms with E-state index in [2.05, 4.69) is 20.2 Å². The highest BCUT2D eigenvalue weighted by molar-refractivity contribution is 7.99. The Balaban J connectivity index is 1.37. The van der Waals surface area contributed by atoms with E-state index >= 15 is 0 Å². The summed E-state index contributed by atoms with van der Waals surface area (Å²) >= 11 is 1.89. The van der Waals surface area contributed by atoms with Gasteiger partial charge in [0, 0.05) is 55.8 Å².